The molecule has 0 N–H and O–H groups in total. The van der Waals surface area contributed by atoms with Crippen molar-refractivity contribution in [2.24, 2.45) is 0 Å². The molecule has 29 heavy (non-hydrogen) atoms. The number of ether oxygens (including phenoxy) is 1. The van der Waals surface area contributed by atoms with Crippen LogP contribution in [0.5, 0.6) is 5.75 Å². The first-order chi connectivity index (χ1) is 14.0. The van der Waals surface area contributed by atoms with Gasteiger partial charge in [-0.05, 0) is 36.4 Å². The van der Waals surface area contributed by atoms with Gasteiger partial charge >= 0.3 is 0 Å². The van der Waals surface area contributed by atoms with Crippen LogP contribution >= 0.6 is 23.1 Å². The summed E-state index contributed by atoms with van der Waals surface area (Å²) >= 11 is 3.48. The Bertz CT molecular complexity index is 993. The molecule has 1 aliphatic heterocycles. The van der Waals surface area contributed by atoms with E-state index < -0.39 is 0 Å². The fourth-order valence-corrected chi connectivity index (χ4v) is 5.32. The zero-order valence-electron chi connectivity index (χ0n) is 16.9. The Morgan fingerprint density at radius 3 is 2.48 bits per heavy atom. The second kappa shape index (κ2) is 8.63. The molecule has 2 aromatic carbocycles. The van der Waals surface area contributed by atoms with E-state index in [4.69, 9.17) is 9.72 Å². The summed E-state index contributed by atoms with van der Waals surface area (Å²) in [5, 5.41) is 1.53. The lowest BCUT2D eigenvalue weighted by atomic mass is 10.2. The third-order valence-electron chi connectivity index (χ3n) is 4.90. The maximum atomic E-state index is 12.9. The predicted molar refractivity (Wildman–Crippen MR) is 122 cm³/mol. The molecular weight excluding hydrogens is 402 g/mol. The van der Waals surface area contributed by atoms with Crippen LogP contribution in [0.2, 0.25) is 0 Å². The Balaban J connectivity index is 1.41. The van der Waals surface area contributed by atoms with Gasteiger partial charge in [0.05, 0.1) is 11.8 Å². The highest BCUT2D eigenvalue weighted by Crippen LogP contribution is 2.34. The van der Waals surface area contributed by atoms with E-state index >= 15 is 0 Å². The third kappa shape index (κ3) is 4.36. The summed E-state index contributed by atoms with van der Waals surface area (Å²) in [6.45, 7) is 7.32. The van der Waals surface area contributed by atoms with Crippen LogP contribution in [0.15, 0.2) is 47.4 Å². The van der Waals surface area contributed by atoms with E-state index in [1.165, 1.54) is 4.90 Å². The molecule has 3 aromatic rings. The molecule has 0 bridgehead atoms. The Kier molecular flexibility index (Phi) is 5.96. The number of methoxy groups -OCH3 is 1. The summed E-state index contributed by atoms with van der Waals surface area (Å²) in [6, 6.07) is 14.0. The number of aromatic nitrogens is 1. The normalized spacial score (nSPS) is 14.6. The van der Waals surface area contributed by atoms with Crippen LogP contribution in [0, 0.1) is 0 Å². The van der Waals surface area contributed by atoms with Gasteiger partial charge in [0, 0.05) is 41.9 Å². The van der Waals surface area contributed by atoms with Crippen molar-refractivity contribution in [1.82, 2.24) is 9.88 Å². The minimum absolute atomic E-state index is 0.108. The Morgan fingerprint density at radius 2 is 1.83 bits per heavy atom. The molecule has 1 fully saturated rings. The number of hydrogen-bond donors (Lipinski definition) is 0. The number of fused-ring (bicyclic) bond motifs is 1. The average Bonchev–Trinajstić information content (AvgIpc) is 3.18. The number of amides is 1. The smallest absolute Gasteiger partial charge is 0.253 e. The number of benzene rings is 2. The van der Waals surface area contributed by atoms with E-state index in [2.05, 4.69) is 24.8 Å². The SMILES string of the molecule is COc1cccc2sc(N3CCN(C(=O)c4ccc(SC(C)C)cc4)CC3)nc12. The number of thioether (sulfide) groups is 1. The van der Waals surface area contributed by atoms with Gasteiger partial charge < -0.3 is 14.5 Å². The van der Waals surface area contributed by atoms with Gasteiger partial charge in [0.2, 0.25) is 0 Å². The first-order valence-corrected chi connectivity index (χ1v) is 11.5. The van der Waals surface area contributed by atoms with Gasteiger partial charge in [0.25, 0.3) is 5.91 Å². The van der Waals surface area contributed by atoms with Crippen molar-refractivity contribution in [3.8, 4) is 5.75 Å². The highest BCUT2D eigenvalue weighted by atomic mass is 32.2. The highest BCUT2D eigenvalue weighted by Gasteiger charge is 2.24. The summed E-state index contributed by atoms with van der Waals surface area (Å²) in [6.07, 6.45) is 0. The summed E-state index contributed by atoms with van der Waals surface area (Å²) in [5.74, 6) is 0.912. The fraction of sp³-hybridized carbons (Fsp3) is 0.364. The standard InChI is InChI=1S/C22H25N3O2S2/c1-15(2)28-17-9-7-16(8-10-17)21(26)24-11-13-25(14-12-24)22-23-20-18(27-3)5-4-6-19(20)29-22/h4-10,15H,11-14H2,1-3H3. The molecule has 2 heterocycles. The molecule has 1 amide bonds. The molecule has 5 nitrogen and oxygen atoms in total. The Hall–Kier alpha value is -2.25. The van der Waals surface area contributed by atoms with Crippen molar-refractivity contribution in [3.05, 3.63) is 48.0 Å². The highest BCUT2D eigenvalue weighted by molar-refractivity contribution is 7.99. The van der Waals surface area contributed by atoms with E-state index in [-0.39, 0.29) is 5.91 Å². The molecule has 0 spiro atoms. The van der Waals surface area contributed by atoms with E-state index in [0.29, 0.717) is 18.3 Å². The predicted octanol–water partition coefficient (Wildman–Crippen LogP) is 4.77. The number of anilines is 1. The van der Waals surface area contributed by atoms with E-state index in [1.54, 1.807) is 18.4 Å². The van der Waals surface area contributed by atoms with Crippen molar-refractivity contribution in [2.45, 2.75) is 24.0 Å². The Morgan fingerprint density at radius 1 is 1.10 bits per heavy atom. The number of carbonyl (C=O) groups is 1. The molecule has 0 unspecified atom stereocenters. The van der Waals surface area contributed by atoms with Crippen molar-refractivity contribution in [1.29, 1.82) is 0 Å². The maximum Gasteiger partial charge on any atom is 0.253 e. The molecule has 0 saturated carbocycles. The fourth-order valence-electron chi connectivity index (χ4n) is 3.44. The van der Waals surface area contributed by atoms with Gasteiger partial charge in [0.1, 0.15) is 11.3 Å². The zero-order valence-corrected chi connectivity index (χ0v) is 18.6. The lowest BCUT2D eigenvalue weighted by Gasteiger charge is -2.34. The molecule has 152 valence electrons. The van der Waals surface area contributed by atoms with Crippen molar-refractivity contribution in [2.75, 3.05) is 38.2 Å². The lowest BCUT2D eigenvalue weighted by molar-refractivity contribution is 0.0746. The molecule has 4 rings (SSSR count). The van der Waals surface area contributed by atoms with Gasteiger partial charge in [-0.1, -0.05) is 31.3 Å². The number of hydrogen-bond acceptors (Lipinski definition) is 6. The molecule has 1 aromatic heterocycles. The molecular formula is C22H25N3O2S2. The molecule has 7 heteroatoms. The minimum Gasteiger partial charge on any atom is -0.494 e. The van der Waals surface area contributed by atoms with Crippen LogP contribution in [-0.2, 0) is 0 Å². The molecule has 0 radical (unpaired) electrons. The molecule has 0 aliphatic carbocycles. The van der Waals surface area contributed by atoms with Gasteiger partial charge in [-0.3, -0.25) is 4.79 Å². The molecule has 1 aliphatic rings. The summed E-state index contributed by atoms with van der Waals surface area (Å²) in [4.78, 5) is 23.1. The topological polar surface area (TPSA) is 45.7 Å². The van der Waals surface area contributed by atoms with Crippen LogP contribution in [-0.4, -0.2) is 54.3 Å². The number of rotatable bonds is 5. The van der Waals surface area contributed by atoms with Crippen LogP contribution in [0.1, 0.15) is 24.2 Å². The first kappa shape index (κ1) is 20.0. The monoisotopic (exact) mass is 427 g/mol. The van der Waals surface area contributed by atoms with Crippen molar-refractivity contribution in [3.63, 3.8) is 0 Å². The quantitative estimate of drug-likeness (QED) is 0.549. The van der Waals surface area contributed by atoms with Crippen LogP contribution in [0.3, 0.4) is 0 Å². The first-order valence-electron chi connectivity index (χ1n) is 9.79. The largest absolute Gasteiger partial charge is 0.494 e. The van der Waals surface area contributed by atoms with Gasteiger partial charge in [-0.2, -0.15) is 0 Å². The van der Waals surface area contributed by atoms with E-state index in [1.807, 2.05) is 53.1 Å². The van der Waals surface area contributed by atoms with Crippen LogP contribution < -0.4 is 9.64 Å². The zero-order chi connectivity index (χ0) is 20.4. The number of carbonyl (C=O) groups excluding carboxylic acids is 1. The second-order valence-corrected chi connectivity index (χ2v) is 9.93. The van der Waals surface area contributed by atoms with Crippen molar-refractivity contribution < 1.29 is 9.53 Å². The molecule has 0 atom stereocenters. The summed E-state index contributed by atoms with van der Waals surface area (Å²) < 4.78 is 6.55. The molecule has 1 saturated heterocycles. The number of thiazole rings is 1. The summed E-state index contributed by atoms with van der Waals surface area (Å²) in [7, 11) is 1.67. The lowest BCUT2D eigenvalue weighted by Crippen LogP contribution is -2.48. The number of nitrogens with zero attached hydrogens (tertiary/aromatic N) is 3. The number of piperazine rings is 1. The minimum atomic E-state index is 0.108. The van der Waals surface area contributed by atoms with Gasteiger partial charge in [0.15, 0.2) is 5.13 Å². The van der Waals surface area contributed by atoms with Gasteiger partial charge in [-0.25, -0.2) is 4.98 Å². The van der Waals surface area contributed by atoms with Crippen LogP contribution in [0.4, 0.5) is 5.13 Å². The third-order valence-corrected chi connectivity index (χ3v) is 7.00. The second-order valence-electron chi connectivity index (χ2n) is 7.27. The number of para-hydroxylation sites is 1. The van der Waals surface area contributed by atoms with E-state index in [0.717, 1.165) is 39.8 Å². The van der Waals surface area contributed by atoms with Gasteiger partial charge in [-0.15, -0.1) is 11.8 Å². The summed E-state index contributed by atoms with van der Waals surface area (Å²) in [5.41, 5.74) is 1.67. The van der Waals surface area contributed by atoms with Crippen LogP contribution in [0.25, 0.3) is 10.2 Å². The Labute approximate surface area is 179 Å². The van der Waals surface area contributed by atoms with E-state index in [9.17, 15) is 4.79 Å². The van der Waals surface area contributed by atoms with Crippen molar-refractivity contribution >= 4 is 44.4 Å². The maximum absolute atomic E-state index is 12.9. The average molecular weight is 428 g/mol.